The number of hydrogen-bond acceptors (Lipinski definition) is 4. The van der Waals surface area contributed by atoms with Crippen molar-refractivity contribution in [3.8, 4) is 0 Å². The quantitative estimate of drug-likeness (QED) is 0.151. The monoisotopic (exact) mass is 430 g/mol. The summed E-state index contributed by atoms with van der Waals surface area (Å²) in [5.41, 5.74) is 13.2. The lowest BCUT2D eigenvalue weighted by Crippen LogP contribution is -2.53. The lowest BCUT2D eigenvalue weighted by atomic mass is 9.76. The Bertz CT molecular complexity index is 907. The Kier molecular flexibility index (Phi) is 8.00. The molecule has 0 aliphatic carbocycles. The van der Waals surface area contributed by atoms with Crippen LogP contribution >= 0.6 is 0 Å². The largest absolute Gasteiger partial charge is 0.468 e. The van der Waals surface area contributed by atoms with Gasteiger partial charge in [-0.1, -0.05) is 91.0 Å². The average molecular weight is 431 g/mol. The summed E-state index contributed by atoms with van der Waals surface area (Å²) in [5, 5.41) is 3.67. The van der Waals surface area contributed by atoms with Crippen LogP contribution in [0.3, 0.4) is 0 Å². The fraction of sp³-hybridized carbons (Fsp3) is 0.231. The molecule has 0 aliphatic heterocycles. The Balaban J connectivity index is 2.12. The molecule has 0 radical (unpaired) electrons. The Morgan fingerprint density at radius 1 is 0.875 bits per heavy atom. The van der Waals surface area contributed by atoms with Crippen LogP contribution in [-0.2, 0) is 15.1 Å². The van der Waals surface area contributed by atoms with Crippen molar-refractivity contribution in [2.24, 2.45) is 16.5 Å². The van der Waals surface area contributed by atoms with Gasteiger partial charge in [0, 0.05) is 6.54 Å². The molecular formula is C26H30N4O2. The number of hydrogen-bond donors (Lipinski definition) is 3. The van der Waals surface area contributed by atoms with Gasteiger partial charge in [-0.25, -0.2) is 0 Å². The minimum atomic E-state index is -0.765. The van der Waals surface area contributed by atoms with Gasteiger partial charge in [-0.3, -0.25) is 15.1 Å². The maximum Gasteiger partial charge on any atom is 0.322 e. The van der Waals surface area contributed by atoms with Gasteiger partial charge in [0.1, 0.15) is 6.04 Å². The zero-order valence-corrected chi connectivity index (χ0v) is 18.3. The molecule has 0 fully saturated rings. The molecule has 0 aromatic heterocycles. The highest BCUT2D eigenvalue weighted by Crippen LogP contribution is 2.37. The predicted octanol–water partition coefficient (Wildman–Crippen LogP) is 3.16. The summed E-state index contributed by atoms with van der Waals surface area (Å²) in [6.45, 7) is 0.437. The van der Waals surface area contributed by atoms with Crippen LogP contribution in [-0.4, -0.2) is 31.6 Å². The number of guanidine groups is 1. The number of methoxy groups -OCH3 is 1. The highest BCUT2D eigenvalue weighted by atomic mass is 16.5. The lowest BCUT2D eigenvalue weighted by molar-refractivity contribution is -0.143. The number of nitrogens with one attached hydrogen (secondary N) is 1. The molecule has 166 valence electrons. The summed E-state index contributed by atoms with van der Waals surface area (Å²) in [4.78, 5) is 16.9. The van der Waals surface area contributed by atoms with Crippen molar-refractivity contribution < 1.29 is 9.53 Å². The SMILES string of the molecule is COC(=O)[C@H](CCCN=C(N)N)NC(c1ccccc1)(c1ccccc1)c1ccccc1. The van der Waals surface area contributed by atoms with Crippen molar-refractivity contribution in [3.63, 3.8) is 0 Å². The average Bonchev–Trinajstić information content (AvgIpc) is 2.85. The maximum absolute atomic E-state index is 12.8. The Morgan fingerprint density at radius 3 is 1.69 bits per heavy atom. The minimum Gasteiger partial charge on any atom is -0.468 e. The lowest BCUT2D eigenvalue weighted by Gasteiger charge is -2.39. The molecule has 0 amide bonds. The Morgan fingerprint density at radius 2 is 1.31 bits per heavy atom. The van der Waals surface area contributed by atoms with E-state index in [0.717, 1.165) is 16.7 Å². The first-order valence-electron chi connectivity index (χ1n) is 10.7. The van der Waals surface area contributed by atoms with Gasteiger partial charge < -0.3 is 16.2 Å². The van der Waals surface area contributed by atoms with Crippen LogP contribution < -0.4 is 16.8 Å². The van der Waals surface area contributed by atoms with E-state index in [-0.39, 0.29) is 11.9 Å². The molecule has 32 heavy (non-hydrogen) atoms. The molecule has 0 aliphatic rings. The molecule has 0 bridgehead atoms. The molecule has 3 aromatic rings. The molecule has 6 heteroatoms. The van der Waals surface area contributed by atoms with Gasteiger partial charge in [0.2, 0.25) is 0 Å². The number of benzene rings is 3. The van der Waals surface area contributed by atoms with E-state index in [1.165, 1.54) is 7.11 Å². The van der Waals surface area contributed by atoms with E-state index in [9.17, 15) is 4.79 Å². The molecule has 5 N–H and O–H groups in total. The number of rotatable bonds is 10. The fourth-order valence-corrected chi connectivity index (χ4v) is 3.97. The maximum atomic E-state index is 12.8. The zero-order valence-electron chi connectivity index (χ0n) is 18.3. The molecule has 3 aromatic carbocycles. The second kappa shape index (κ2) is 11.1. The summed E-state index contributed by atoms with van der Waals surface area (Å²) in [5.74, 6) is -0.290. The molecule has 0 spiro atoms. The molecular weight excluding hydrogens is 400 g/mol. The Hall–Kier alpha value is -3.64. The van der Waals surface area contributed by atoms with E-state index in [2.05, 4.69) is 46.7 Å². The number of carbonyl (C=O) groups is 1. The van der Waals surface area contributed by atoms with Crippen LogP contribution in [0.15, 0.2) is 96.0 Å². The summed E-state index contributed by atoms with van der Waals surface area (Å²) in [7, 11) is 1.41. The molecule has 0 saturated heterocycles. The van der Waals surface area contributed by atoms with E-state index in [0.29, 0.717) is 19.4 Å². The van der Waals surface area contributed by atoms with E-state index in [1.807, 2.05) is 54.6 Å². The molecule has 1 atom stereocenters. The van der Waals surface area contributed by atoms with Gasteiger partial charge in [-0.2, -0.15) is 0 Å². The van der Waals surface area contributed by atoms with Crippen molar-refractivity contribution >= 4 is 11.9 Å². The standard InChI is InChI=1S/C26H30N4O2/c1-32-24(31)23(18-11-19-29-25(27)28)30-26(20-12-5-2-6-13-20,21-14-7-3-8-15-21)22-16-9-4-10-17-22/h2-10,12-17,23,30H,11,18-19H2,1H3,(H4,27,28,29)/t23-/m0/s1. The van der Waals surface area contributed by atoms with Crippen molar-refractivity contribution in [3.05, 3.63) is 108 Å². The van der Waals surface area contributed by atoms with Crippen LogP contribution in [0.1, 0.15) is 29.5 Å². The van der Waals surface area contributed by atoms with Crippen molar-refractivity contribution in [1.29, 1.82) is 0 Å². The summed E-state index contributed by atoms with van der Waals surface area (Å²) >= 11 is 0. The summed E-state index contributed by atoms with van der Waals surface area (Å²) < 4.78 is 5.16. The minimum absolute atomic E-state index is 0.0415. The van der Waals surface area contributed by atoms with E-state index >= 15 is 0 Å². The first-order valence-corrected chi connectivity index (χ1v) is 10.7. The third kappa shape index (κ3) is 5.34. The predicted molar refractivity (Wildman–Crippen MR) is 128 cm³/mol. The van der Waals surface area contributed by atoms with Crippen LogP contribution in [0.2, 0.25) is 0 Å². The molecule has 0 unspecified atom stereocenters. The fourth-order valence-electron chi connectivity index (χ4n) is 3.97. The number of esters is 1. The first kappa shape index (κ1) is 23.0. The van der Waals surface area contributed by atoms with Crippen molar-refractivity contribution in [2.75, 3.05) is 13.7 Å². The highest BCUT2D eigenvalue weighted by molar-refractivity contribution is 5.76. The van der Waals surface area contributed by atoms with Gasteiger partial charge in [0.25, 0.3) is 0 Å². The van der Waals surface area contributed by atoms with E-state index in [1.54, 1.807) is 0 Å². The van der Waals surface area contributed by atoms with Gasteiger partial charge in [0.15, 0.2) is 5.96 Å². The van der Waals surface area contributed by atoms with Gasteiger partial charge >= 0.3 is 5.97 Å². The van der Waals surface area contributed by atoms with E-state index < -0.39 is 11.6 Å². The smallest absolute Gasteiger partial charge is 0.322 e. The molecule has 0 heterocycles. The number of nitrogens with two attached hydrogens (primary N) is 2. The Labute approximate surface area is 189 Å². The van der Waals surface area contributed by atoms with Crippen LogP contribution in [0, 0.1) is 0 Å². The number of carbonyl (C=O) groups excluding carboxylic acids is 1. The first-order chi connectivity index (χ1) is 15.6. The molecule has 0 saturated carbocycles. The zero-order chi connectivity index (χ0) is 22.8. The number of ether oxygens (including phenoxy) is 1. The third-order valence-electron chi connectivity index (χ3n) is 5.44. The molecule has 6 nitrogen and oxygen atoms in total. The van der Waals surface area contributed by atoms with Crippen molar-refractivity contribution in [2.45, 2.75) is 24.4 Å². The highest BCUT2D eigenvalue weighted by Gasteiger charge is 2.39. The topological polar surface area (TPSA) is 103 Å². The molecule has 3 rings (SSSR count). The van der Waals surface area contributed by atoms with E-state index in [4.69, 9.17) is 16.2 Å². The van der Waals surface area contributed by atoms with Gasteiger partial charge in [0.05, 0.1) is 12.6 Å². The van der Waals surface area contributed by atoms with Gasteiger partial charge in [-0.05, 0) is 29.5 Å². The number of nitrogens with zero attached hydrogens (tertiary/aromatic N) is 1. The summed E-state index contributed by atoms with van der Waals surface area (Å²) in [6, 6.07) is 29.8. The van der Waals surface area contributed by atoms with Crippen molar-refractivity contribution in [1.82, 2.24) is 5.32 Å². The normalized spacial score (nSPS) is 12.0. The second-order valence-corrected chi connectivity index (χ2v) is 7.52. The second-order valence-electron chi connectivity index (χ2n) is 7.52. The third-order valence-corrected chi connectivity index (χ3v) is 5.44. The van der Waals surface area contributed by atoms with Crippen LogP contribution in [0.4, 0.5) is 0 Å². The van der Waals surface area contributed by atoms with Crippen LogP contribution in [0.25, 0.3) is 0 Å². The number of aliphatic imine (C=N–C) groups is 1. The van der Waals surface area contributed by atoms with Crippen LogP contribution in [0.5, 0.6) is 0 Å². The van der Waals surface area contributed by atoms with Gasteiger partial charge in [-0.15, -0.1) is 0 Å². The summed E-state index contributed by atoms with van der Waals surface area (Å²) in [6.07, 6.45) is 1.14.